The Bertz CT molecular complexity index is 586. The van der Waals surface area contributed by atoms with E-state index in [0.717, 1.165) is 39.4 Å². The van der Waals surface area contributed by atoms with E-state index >= 15 is 0 Å². The van der Waals surface area contributed by atoms with E-state index in [1.54, 1.807) is 6.20 Å². The molecule has 1 heterocycles. The minimum Gasteiger partial charge on any atom is -0.487 e. The molecule has 3 heteroatoms. The molecule has 1 aromatic heterocycles. The Labute approximate surface area is 114 Å². The predicted molar refractivity (Wildman–Crippen MR) is 78.4 cm³/mol. The van der Waals surface area contributed by atoms with Gasteiger partial charge in [0, 0.05) is 11.9 Å². The van der Waals surface area contributed by atoms with E-state index in [1.165, 1.54) is 0 Å². The van der Waals surface area contributed by atoms with Gasteiger partial charge in [-0.05, 0) is 49.9 Å². The lowest BCUT2D eigenvalue weighted by Gasteiger charge is -2.14. The highest BCUT2D eigenvalue weighted by Crippen LogP contribution is 2.25. The first-order valence-electron chi connectivity index (χ1n) is 6.40. The van der Waals surface area contributed by atoms with Crippen LogP contribution in [0.2, 0.25) is 0 Å². The molecule has 2 rings (SSSR count). The summed E-state index contributed by atoms with van der Waals surface area (Å²) in [6.45, 7) is 8.49. The highest BCUT2D eigenvalue weighted by atomic mass is 16.5. The van der Waals surface area contributed by atoms with Crippen molar-refractivity contribution in [2.24, 2.45) is 0 Å². The quantitative estimate of drug-likeness (QED) is 0.914. The van der Waals surface area contributed by atoms with Gasteiger partial charge in [-0.3, -0.25) is 4.98 Å². The lowest BCUT2D eigenvalue weighted by molar-refractivity contribution is 0.296. The third-order valence-electron chi connectivity index (χ3n) is 3.44. The van der Waals surface area contributed by atoms with Crippen molar-refractivity contribution in [1.29, 1.82) is 0 Å². The fourth-order valence-electron chi connectivity index (χ4n) is 2.11. The SMILES string of the molecule is Cc1cnc(COc2c(C)cccc2C)c(C)c1N. The number of para-hydroxylation sites is 1. The molecular weight excluding hydrogens is 236 g/mol. The number of nitrogen functional groups attached to an aromatic ring is 1. The zero-order valence-electron chi connectivity index (χ0n) is 11.9. The van der Waals surface area contributed by atoms with E-state index in [1.807, 2.05) is 45.9 Å². The summed E-state index contributed by atoms with van der Waals surface area (Å²) in [6.07, 6.45) is 1.80. The van der Waals surface area contributed by atoms with Crippen LogP contribution in [0.4, 0.5) is 5.69 Å². The van der Waals surface area contributed by atoms with Crippen molar-refractivity contribution < 1.29 is 4.74 Å². The molecule has 0 aliphatic carbocycles. The minimum absolute atomic E-state index is 0.446. The standard InChI is InChI=1S/C16H20N2O/c1-10-6-5-7-11(2)16(10)19-9-14-13(4)15(17)12(3)8-18-14/h5-8H,9H2,1-4H3,(H2,17,18). The van der Waals surface area contributed by atoms with Gasteiger partial charge in [-0.15, -0.1) is 0 Å². The van der Waals surface area contributed by atoms with Gasteiger partial charge in [0.05, 0.1) is 5.69 Å². The Kier molecular flexibility index (Phi) is 3.74. The number of aryl methyl sites for hydroxylation is 3. The maximum Gasteiger partial charge on any atom is 0.131 e. The Hall–Kier alpha value is -2.03. The van der Waals surface area contributed by atoms with Crippen molar-refractivity contribution in [3.63, 3.8) is 0 Å². The average Bonchev–Trinajstić information content (AvgIpc) is 2.38. The molecule has 0 aliphatic rings. The highest BCUT2D eigenvalue weighted by Gasteiger charge is 2.09. The lowest BCUT2D eigenvalue weighted by Crippen LogP contribution is -2.06. The van der Waals surface area contributed by atoms with Crippen LogP contribution >= 0.6 is 0 Å². The topological polar surface area (TPSA) is 48.1 Å². The molecule has 0 aliphatic heterocycles. The van der Waals surface area contributed by atoms with Crippen LogP contribution in [0.1, 0.15) is 27.9 Å². The summed E-state index contributed by atoms with van der Waals surface area (Å²) in [5.41, 5.74) is 12.0. The monoisotopic (exact) mass is 256 g/mol. The number of pyridine rings is 1. The molecule has 0 fully saturated rings. The third-order valence-corrected chi connectivity index (χ3v) is 3.44. The maximum absolute atomic E-state index is 6.02. The van der Waals surface area contributed by atoms with Crippen molar-refractivity contribution in [3.05, 3.63) is 52.3 Å². The van der Waals surface area contributed by atoms with Crippen LogP contribution in [0.5, 0.6) is 5.75 Å². The number of benzene rings is 1. The Morgan fingerprint density at radius 2 is 1.68 bits per heavy atom. The first-order chi connectivity index (χ1) is 9.00. The molecule has 2 aromatic rings. The van der Waals surface area contributed by atoms with Gasteiger partial charge in [0.15, 0.2) is 0 Å². The Morgan fingerprint density at radius 1 is 1.05 bits per heavy atom. The van der Waals surface area contributed by atoms with Gasteiger partial charge < -0.3 is 10.5 Å². The Balaban J connectivity index is 2.22. The van der Waals surface area contributed by atoms with E-state index in [9.17, 15) is 0 Å². The molecular formula is C16H20N2O. The van der Waals surface area contributed by atoms with Crippen LogP contribution in [0.15, 0.2) is 24.4 Å². The number of hydrogen-bond donors (Lipinski definition) is 1. The minimum atomic E-state index is 0.446. The summed E-state index contributed by atoms with van der Waals surface area (Å²) in [4.78, 5) is 4.41. The molecule has 0 atom stereocenters. The van der Waals surface area contributed by atoms with E-state index in [-0.39, 0.29) is 0 Å². The number of aromatic nitrogens is 1. The molecule has 0 saturated carbocycles. The van der Waals surface area contributed by atoms with Gasteiger partial charge in [-0.25, -0.2) is 0 Å². The molecule has 0 unspecified atom stereocenters. The molecule has 0 bridgehead atoms. The average molecular weight is 256 g/mol. The van der Waals surface area contributed by atoms with E-state index in [4.69, 9.17) is 10.5 Å². The van der Waals surface area contributed by atoms with Gasteiger partial charge in [0.1, 0.15) is 12.4 Å². The van der Waals surface area contributed by atoms with Gasteiger partial charge >= 0.3 is 0 Å². The van der Waals surface area contributed by atoms with Crippen LogP contribution in [0.3, 0.4) is 0 Å². The molecule has 0 saturated heterocycles. The van der Waals surface area contributed by atoms with Crippen LogP contribution in [-0.2, 0) is 6.61 Å². The second-order valence-corrected chi connectivity index (χ2v) is 4.94. The largest absolute Gasteiger partial charge is 0.487 e. The third kappa shape index (κ3) is 2.70. The summed E-state index contributed by atoms with van der Waals surface area (Å²) in [5, 5.41) is 0. The van der Waals surface area contributed by atoms with Crippen LogP contribution in [-0.4, -0.2) is 4.98 Å². The molecule has 1 aromatic carbocycles. The fourth-order valence-corrected chi connectivity index (χ4v) is 2.11. The molecule has 3 nitrogen and oxygen atoms in total. The fraction of sp³-hybridized carbons (Fsp3) is 0.312. The normalized spacial score (nSPS) is 10.5. The van der Waals surface area contributed by atoms with Crippen molar-refractivity contribution >= 4 is 5.69 Å². The predicted octanol–water partition coefficient (Wildman–Crippen LogP) is 3.48. The summed E-state index contributed by atoms with van der Waals surface area (Å²) in [5.74, 6) is 0.933. The number of anilines is 1. The summed E-state index contributed by atoms with van der Waals surface area (Å²) in [7, 11) is 0. The molecule has 0 radical (unpaired) electrons. The Morgan fingerprint density at radius 3 is 2.32 bits per heavy atom. The van der Waals surface area contributed by atoms with Gasteiger partial charge in [0.25, 0.3) is 0 Å². The van der Waals surface area contributed by atoms with Crippen molar-refractivity contribution in [2.45, 2.75) is 34.3 Å². The van der Waals surface area contributed by atoms with Gasteiger partial charge in [0.2, 0.25) is 0 Å². The smallest absolute Gasteiger partial charge is 0.131 e. The first-order valence-corrected chi connectivity index (χ1v) is 6.40. The molecule has 0 amide bonds. The van der Waals surface area contributed by atoms with Crippen LogP contribution in [0.25, 0.3) is 0 Å². The number of nitrogens with two attached hydrogens (primary N) is 1. The van der Waals surface area contributed by atoms with E-state index in [2.05, 4.69) is 4.98 Å². The maximum atomic E-state index is 6.02. The summed E-state index contributed by atoms with van der Waals surface area (Å²) >= 11 is 0. The van der Waals surface area contributed by atoms with E-state index in [0.29, 0.717) is 6.61 Å². The number of nitrogens with zero attached hydrogens (tertiary/aromatic N) is 1. The van der Waals surface area contributed by atoms with Gasteiger partial charge in [-0.2, -0.15) is 0 Å². The zero-order chi connectivity index (χ0) is 14.0. The van der Waals surface area contributed by atoms with Gasteiger partial charge in [-0.1, -0.05) is 18.2 Å². The van der Waals surface area contributed by atoms with Crippen LogP contribution in [0, 0.1) is 27.7 Å². The highest BCUT2D eigenvalue weighted by molar-refractivity contribution is 5.53. The van der Waals surface area contributed by atoms with Crippen LogP contribution < -0.4 is 10.5 Å². The summed E-state index contributed by atoms with van der Waals surface area (Å²) in [6, 6.07) is 6.13. The van der Waals surface area contributed by atoms with Crippen molar-refractivity contribution in [1.82, 2.24) is 4.98 Å². The number of rotatable bonds is 3. The zero-order valence-corrected chi connectivity index (χ0v) is 11.9. The second-order valence-electron chi connectivity index (χ2n) is 4.94. The lowest BCUT2D eigenvalue weighted by atomic mass is 10.1. The first kappa shape index (κ1) is 13.4. The molecule has 0 spiro atoms. The number of ether oxygens (including phenoxy) is 1. The number of hydrogen-bond acceptors (Lipinski definition) is 3. The molecule has 100 valence electrons. The second kappa shape index (κ2) is 5.31. The van der Waals surface area contributed by atoms with Crippen molar-refractivity contribution in [3.8, 4) is 5.75 Å². The molecule has 2 N–H and O–H groups in total. The van der Waals surface area contributed by atoms with Crippen molar-refractivity contribution in [2.75, 3.05) is 5.73 Å². The molecule has 19 heavy (non-hydrogen) atoms. The van der Waals surface area contributed by atoms with E-state index < -0.39 is 0 Å². The summed E-state index contributed by atoms with van der Waals surface area (Å²) < 4.78 is 5.91.